The largest absolute Gasteiger partial charge is 0.490 e. The number of nitrogens with zero attached hydrogens (tertiary/aromatic N) is 2. The maximum absolute atomic E-state index is 6.01. The number of hydrogen-bond donors (Lipinski definition) is 1. The number of rotatable bonds is 6. The summed E-state index contributed by atoms with van der Waals surface area (Å²) in [5, 5.41) is 0.633. The SMILES string of the molecule is CC.Cc1cncc(OCC(N)COc2nc3ccccc3s2)c1. The second-order valence-electron chi connectivity index (χ2n) is 5.03. The molecule has 0 aliphatic heterocycles. The summed E-state index contributed by atoms with van der Waals surface area (Å²) in [7, 11) is 0. The zero-order chi connectivity index (χ0) is 17.4. The molecular formula is C18H23N3O2S. The number of benzene rings is 1. The highest BCUT2D eigenvalue weighted by Gasteiger charge is 2.09. The molecule has 0 bridgehead atoms. The standard InChI is InChI=1S/C16H17N3O2S.C2H6/c1-11-6-13(8-18-7-11)20-9-12(17)10-21-16-19-14-4-2-3-5-15(14)22-16;1-2/h2-8,12H,9-10,17H2,1H3;1-2H3. The van der Waals surface area contributed by atoms with Crippen LogP contribution in [0.25, 0.3) is 10.2 Å². The Bertz CT molecular complexity index is 728. The number of pyridine rings is 1. The van der Waals surface area contributed by atoms with Gasteiger partial charge in [-0.05, 0) is 30.7 Å². The Morgan fingerprint density at radius 2 is 1.88 bits per heavy atom. The monoisotopic (exact) mass is 345 g/mol. The van der Waals surface area contributed by atoms with Gasteiger partial charge >= 0.3 is 0 Å². The minimum Gasteiger partial charge on any atom is -0.490 e. The molecular weight excluding hydrogens is 322 g/mol. The topological polar surface area (TPSA) is 70.3 Å². The molecule has 128 valence electrons. The van der Waals surface area contributed by atoms with Crippen LogP contribution in [0.5, 0.6) is 10.9 Å². The molecule has 0 radical (unpaired) electrons. The maximum atomic E-state index is 6.01. The lowest BCUT2D eigenvalue weighted by Gasteiger charge is -2.13. The van der Waals surface area contributed by atoms with Crippen LogP contribution in [0.1, 0.15) is 19.4 Å². The number of ether oxygens (including phenoxy) is 2. The van der Waals surface area contributed by atoms with E-state index >= 15 is 0 Å². The van der Waals surface area contributed by atoms with Crippen molar-refractivity contribution in [3.8, 4) is 10.9 Å². The van der Waals surface area contributed by atoms with Gasteiger partial charge in [-0.1, -0.05) is 37.3 Å². The summed E-state index contributed by atoms with van der Waals surface area (Å²) in [5.41, 5.74) is 8.00. The molecule has 2 heterocycles. The molecule has 3 aromatic rings. The van der Waals surface area contributed by atoms with Crippen molar-refractivity contribution in [2.75, 3.05) is 13.2 Å². The number of aromatic nitrogens is 2. The lowest BCUT2D eigenvalue weighted by atomic mass is 10.3. The third kappa shape index (κ3) is 5.18. The predicted octanol–water partition coefficient (Wildman–Crippen LogP) is 3.81. The summed E-state index contributed by atoms with van der Waals surface area (Å²) in [4.78, 5) is 8.48. The van der Waals surface area contributed by atoms with Crippen LogP contribution in [-0.2, 0) is 0 Å². The van der Waals surface area contributed by atoms with Crippen LogP contribution < -0.4 is 15.2 Å². The third-order valence-corrected chi connectivity index (χ3v) is 3.96. The van der Waals surface area contributed by atoms with Gasteiger partial charge < -0.3 is 15.2 Å². The molecule has 5 nitrogen and oxygen atoms in total. The van der Waals surface area contributed by atoms with Crippen LogP contribution in [-0.4, -0.2) is 29.2 Å². The Morgan fingerprint density at radius 3 is 2.62 bits per heavy atom. The fourth-order valence-electron chi connectivity index (χ4n) is 1.95. The van der Waals surface area contributed by atoms with Crippen molar-refractivity contribution in [2.24, 2.45) is 5.73 Å². The van der Waals surface area contributed by atoms with Crippen molar-refractivity contribution in [3.63, 3.8) is 0 Å². The zero-order valence-corrected chi connectivity index (χ0v) is 15.0. The third-order valence-electron chi connectivity index (χ3n) is 3.01. The fraction of sp³-hybridized carbons (Fsp3) is 0.333. The molecule has 0 aliphatic carbocycles. The van der Waals surface area contributed by atoms with Crippen molar-refractivity contribution in [1.29, 1.82) is 0 Å². The average molecular weight is 345 g/mol. The number of aryl methyl sites for hydroxylation is 1. The van der Waals surface area contributed by atoms with E-state index in [-0.39, 0.29) is 6.04 Å². The Hall–Kier alpha value is -2.18. The lowest BCUT2D eigenvalue weighted by molar-refractivity contribution is 0.219. The summed E-state index contributed by atoms with van der Waals surface area (Å²) in [5.74, 6) is 0.718. The second kappa shape index (κ2) is 9.20. The summed E-state index contributed by atoms with van der Waals surface area (Å²) >= 11 is 1.52. The Kier molecular flexibility index (Phi) is 6.96. The van der Waals surface area contributed by atoms with Crippen LogP contribution in [0, 0.1) is 6.92 Å². The van der Waals surface area contributed by atoms with Gasteiger partial charge in [0.25, 0.3) is 5.19 Å². The van der Waals surface area contributed by atoms with Crippen molar-refractivity contribution >= 4 is 21.6 Å². The average Bonchev–Trinajstić information content (AvgIpc) is 3.03. The molecule has 0 fully saturated rings. The quantitative estimate of drug-likeness (QED) is 0.735. The molecule has 6 heteroatoms. The van der Waals surface area contributed by atoms with Gasteiger partial charge in [0.05, 0.1) is 22.5 Å². The van der Waals surface area contributed by atoms with Crippen LogP contribution in [0.3, 0.4) is 0 Å². The van der Waals surface area contributed by atoms with E-state index in [0.717, 1.165) is 21.5 Å². The van der Waals surface area contributed by atoms with E-state index in [1.807, 2.05) is 51.1 Å². The van der Waals surface area contributed by atoms with Crippen LogP contribution in [0.15, 0.2) is 42.7 Å². The van der Waals surface area contributed by atoms with Crippen LogP contribution >= 0.6 is 11.3 Å². The summed E-state index contributed by atoms with van der Waals surface area (Å²) < 4.78 is 12.4. The number of fused-ring (bicyclic) bond motifs is 1. The lowest BCUT2D eigenvalue weighted by Crippen LogP contribution is -2.34. The van der Waals surface area contributed by atoms with E-state index in [0.29, 0.717) is 18.4 Å². The molecule has 2 N–H and O–H groups in total. The predicted molar refractivity (Wildman–Crippen MR) is 98.9 cm³/mol. The first-order valence-corrected chi connectivity index (χ1v) is 8.81. The van der Waals surface area contributed by atoms with Gasteiger partial charge in [0, 0.05) is 6.20 Å². The fourth-order valence-corrected chi connectivity index (χ4v) is 2.77. The van der Waals surface area contributed by atoms with E-state index in [9.17, 15) is 0 Å². The van der Waals surface area contributed by atoms with Crippen molar-refractivity contribution in [3.05, 3.63) is 48.3 Å². The summed E-state index contributed by atoms with van der Waals surface area (Å²) in [6.07, 6.45) is 3.46. The van der Waals surface area contributed by atoms with Gasteiger partial charge in [0.1, 0.15) is 19.0 Å². The van der Waals surface area contributed by atoms with Gasteiger partial charge in [-0.3, -0.25) is 4.98 Å². The molecule has 0 spiro atoms. The molecule has 24 heavy (non-hydrogen) atoms. The van der Waals surface area contributed by atoms with Crippen molar-refractivity contribution in [2.45, 2.75) is 26.8 Å². The zero-order valence-electron chi connectivity index (χ0n) is 14.2. The number of hydrogen-bond acceptors (Lipinski definition) is 6. The molecule has 1 unspecified atom stereocenters. The normalized spacial score (nSPS) is 11.5. The minimum absolute atomic E-state index is 0.229. The number of para-hydroxylation sites is 1. The smallest absolute Gasteiger partial charge is 0.274 e. The Morgan fingerprint density at radius 1 is 1.12 bits per heavy atom. The molecule has 1 atom stereocenters. The van der Waals surface area contributed by atoms with E-state index in [1.54, 1.807) is 12.4 Å². The first-order valence-electron chi connectivity index (χ1n) is 7.99. The van der Waals surface area contributed by atoms with Gasteiger partial charge in [0.15, 0.2) is 0 Å². The molecule has 0 saturated carbocycles. The highest BCUT2D eigenvalue weighted by molar-refractivity contribution is 7.20. The Labute approximate surface area is 146 Å². The van der Waals surface area contributed by atoms with Crippen molar-refractivity contribution < 1.29 is 9.47 Å². The number of thiazole rings is 1. The van der Waals surface area contributed by atoms with Crippen molar-refractivity contribution in [1.82, 2.24) is 9.97 Å². The molecule has 1 aromatic carbocycles. The van der Waals surface area contributed by atoms with Crippen LogP contribution in [0.2, 0.25) is 0 Å². The first kappa shape index (κ1) is 18.2. The second-order valence-corrected chi connectivity index (χ2v) is 6.02. The molecule has 2 aromatic heterocycles. The molecule has 0 saturated heterocycles. The first-order chi connectivity index (χ1) is 11.7. The van der Waals surface area contributed by atoms with E-state index in [4.69, 9.17) is 15.2 Å². The molecule has 3 rings (SSSR count). The van der Waals surface area contributed by atoms with E-state index in [1.165, 1.54) is 11.3 Å². The van der Waals surface area contributed by atoms with Gasteiger partial charge in [0.2, 0.25) is 0 Å². The van der Waals surface area contributed by atoms with Gasteiger partial charge in [-0.2, -0.15) is 0 Å². The highest BCUT2D eigenvalue weighted by atomic mass is 32.1. The molecule has 0 aliphatic rings. The summed E-state index contributed by atoms with van der Waals surface area (Å²) in [6.45, 7) is 6.70. The molecule has 0 amide bonds. The highest BCUT2D eigenvalue weighted by Crippen LogP contribution is 2.27. The van der Waals surface area contributed by atoms with Gasteiger partial charge in [-0.15, -0.1) is 0 Å². The Balaban J connectivity index is 0.00000100. The maximum Gasteiger partial charge on any atom is 0.274 e. The van der Waals surface area contributed by atoms with Gasteiger partial charge in [-0.25, -0.2) is 4.98 Å². The number of nitrogens with two attached hydrogens (primary N) is 1. The minimum atomic E-state index is -0.229. The van der Waals surface area contributed by atoms with E-state index in [2.05, 4.69) is 9.97 Å². The van der Waals surface area contributed by atoms with E-state index < -0.39 is 0 Å². The van der Waals surface area contributed by atoms with Crippen LogP contribution in [0.4, 0.5) is 0 Å². The summed E-state index contributed by atoms with van der Waals surface area (Å²) in [6, 6.07) is 9.63.